The van der Waals surface area contributed by atoms with Crippen LogP contribution in [0.4, 0.5) is 13.2 Å². The molecule has 0 N–H and O–H groups in total. The molecule has 3 rings (SSSR count). The van der Waals surface area contributed by atoms with E-state index in [0.29, 0.717) is 12.8 Å². The lowest BCUT2D eigenvalue weighted by Crippen LogP contribution is -2.19. The van der Waals surface area contributed by atoms with Gasteiger partial charge >= 0.3 is 12.1 Å². The monoisotopic (exact) mass is 476 g/mol. The molecule has 0 aliphatic heterocycles. The second-order valence-electron chi connectivity index (χ2n) is 9.06. The summed E-state index contributed by atoms with van der Waals surface area (Å²) in [6.07, 6.45) is -3.86. The molecule has 0 saturated carbocycles. The number of ether oxygens (including phenoxy) is 2. The number of fused-ring (bicyclic) bond motifs is 1. The van der Waals surface area contributed by atoms with Gasteiger partial charge < -0.3 is 13.9 Å². The summed E-state index contributed by atoms with van der Waals surface area (Å²) < 4.78 is 57.1. The van der Waals surface area contributed by atoms with Gasteiger partial charge in [0, 0.05) is 6.07 Å². The van der Waals surface area contributed by atoms with E-state index in [2.05, 4.69) is 0 Å². The second kappa shape index (κ2) is 9.52. The number of rotatable bonds is 6. The fourth-order valence-corrected chi connectivity index (χ4v) is 3.46. The largest absolute Gasteiger partial charge is 0.453 e. The number of carbonyl (C=O) groups excluding carboxylic acids is 1. The van der Waals surface area contributed by atoms with Crippen LogP contribution in [-0.2, 0) is 16.4 Å². The van der Waals surface area contributed by atoms with Crippen LogP contribution >= 0.6 is 0 Å². The summed E-state index contributed by atoms with van der Waals surface area (Å²) in [5, 5.41) is -0.128. The summed E-state index contributed by atoms with van der Waals surface area (Å²) in [4.78, 5) is 25.2. The highest BCUT2D eigenvalue weighted by atomic mass is 19.4. The normalized spacial score (nSPS) is 12.3. The molecule has 182 valence electrons. The summed E-state index contributed by atoms with van der Waals surface area (Å²) in [6, 6.07) is 10.2. The first-order chi connectivity index (χ1) is 15.8. The van der Waals surface area contributed by atoms with Crippen molar-refractivity contribution in [3.63, 3.8) is 0 Å². The molecule has 1 aromatic heterocycles. The van der Waals surface area contributed by atoms with Crippen molar-refractivity contribution in [3.8, 4) is 17.2 Å². The van der Waals surface area contributed by atoms with E-state index in [1.165, 1.54) is 24.3 Å². The number of benzene rings is 2. The second-order valence-corrected chi connectivity index (χ2v) is 9.06. The van der Waals surface area contributed by atoms with Gasteiger partial charge in [-0.05, 0) is 48.1 Å². The molecule has 8 heteroatoms. The standard InChI is InChI=1S/C26H27F3O5/c1-6-15(7-2)24(31)33-18-12-13-19-20(14-18)34-23(26(27,28)29)22(21(19)30)32-17-10-8-16(9-11-17)25(3,4)5/h8-15H,6-7H2,1-5H3. The van der Waals surface area contributed by atoms with Crippen LogP contribution in [0.5, 0.6) is 17.2 Å². The first-order valence-corrected chi connectivity index (χ1v) is 11.0. The maximum Gasteiger partial charge on any atom is 0.453 e. The number of hydrogen-bond acceptors (Lipinski definition) is 5. The summed E-state index contributed by atoms with van der Waals surface area (Å²) in [7, 11) is 0. The smallest absolute Gasteiger partial charge is 0.449 e. The van der Waals surface area contributed by atoms with Crippen molar-refractivity contribution in [2.75, 3.05) is 0 Å². The highest BCUT2D eigenvalue weighted by molar-refractivity contribution is 5.82. The molecule has 2 aromatic carbocycles. The van der Waals surface area contributed by atoms with Gasteiger partial charge in [-0.25, -0.2) is 0 Å². The van der Waals surface area contributed by atoms with Gasteiger partial charge in [-0.1, -0.05) is 46.8 Å². The van der Waals surface area contributed by atoms with E-state index in [9.17, 15) is 22.8 Å². The molecule has 0 atom stereocenters. The molecule has 1 heterocycles. The SMILES string of the molecule is CCC(CC)C(=O)Oc1ccc2c(=O)c(Oc3ccc(C(C)(C)C)cc3)c(C(F)(F)F)oc2c1. The van der Waals surface area contributed by atoms with Crippen molar-refractivity contribution in [2.24, 2.45) is 5.92 Å². The van der Waals surface area contributed by atoms with Crippen LogP contribution in [0.1, 0.15) is 58.8 Å². The molecule has 0 aliphatic carbocycles. The van der Waals surface area contributed by atoms with Gasteiger partial charge in [0.1, 0.15) is 17.1 Å². The first kappa shape index (κ1) is 25.3. The van der Waals surface area contributed by atoms with E-state index >= 15 is 0 Å². The number of hydrogen-bond donors (Lipinski definition) is 0. The predicted octanol–water partition coefficient (Wildman–Crippen LogP) is 7.24. The number of esters is 1. The Hall–Kier alpha value is -3.29. The van der Waals surface area contributed by atoms with Crippen LogP contribution in [0.15, 0.2) is 51.7 Å². The molecule has 0 fully saturated rings. The molecular weight excluding hydrogens is 449 g/mol. The van der Waals surface area contributed by atoms with Crippen LogP contribution in [0.25, 0.3) is 11.0 Å². The molecular formula is C26H27F3O5. The highest BCUT2D eigenvalue weighted by Crippen LogP contribution is 2.39. The molecule has 0 bridgehead atoms. The maximum absolute atomic E-state index is 13.8. The van der Waals surface area contributed by atoms with E-state index in [1.807, 2.05) is 34.6 Å². The summed E-state index contributed by atoms with van der Waals surface area (Å²) in [5.41, 5.74) is -0.543. The maximum atomic E-state index is 13.8. The molecule has 0 amide bonds. The van der Waals surface area contributed by atoms with E-state index in [0.717, 1.165) is 11.6 Å². The van der Waals surface area contributed by atoms with Gasteiger partial charge in [0.15, 0.2) is 0 Å². The van der Waals surface area contributed by atoms with Crippen molar-refractivity contribution in [3.05, 3.63) is 64.0 Å². The van der Waals surface area contributed by atoms with Crippen LogP contribution in [0.2, 0.25) is 0 Å². The molecule has 34 heavy (non-hydrogen) atoms. The van der Waals surface area contributed by atoms with E-state index in [-0.39, 0.29) is 33.8 Å². The van der Waals surface area contributed by atoms with Crippen molar-refractivity contribution >= 4 is 16.9 Å². The Kier molecular flexibility index (Phi) is 7.10. The number of halogens is 3. The molecule has 0 radical (unpaired) electrons. The van der Waals surface area contributed by atoms with Crippen molar-refractivity contribution < 1.29 is 31.9 Å². The summed E-state index contributed by atoms with van der Waals surface area (Å²) >= 11 is 0. The predicted molar refractivity (Wildman–Crippen MR) is 122 cm³/mol. The quantitative estimate of drug-likeness (QED) is 0.277. The first-order valence-electron chi connectivity index (χ1n) is 11.0. The lowest BCUT2D eigenvalue weighted by Gasteiger charge is -2.19. The molecule has 0 aliphatic rings. The Labute approximate surface area is 195 Å². The fraction of sp³-hybridized carbons (Fsp3) is 0.385. The van der Waals surface area contributed by atoms with Crippen LogP contribution < -0.4 is 14.9 Å². The van der Waals surface area contributed by atoms with Crippen LogP contribution in [-0.4, -0.2) is 5.97 Å². The van der Waals surface area contributed by atoms with Crippen LogP contribution in [0, 0.1) is 5.92 Å². The molecule has 5 nitrogen and oxygen atoms in total. The molecule has 3 aromatic rings. The average Bonchev–Trinajstić information content (AvgIpc) is 2.75. The molecule has 0 unspecified atom stereocenters. The lowest BCUT2D eigenvalue weighted by molar-refractivity contribution is -0.154. The van der Waals surface area contributed by atoms with Crippen molar-refractivity contribution in [1.82, 2.24) is 0 Å². The summed E-state index contributed by atoms with van der Waals surface area (Å²) in [6.45, 7) is 9.67. The van der Waals surface area contributed by atoms with E-state index < -0.39 is 29.1 Å². The average molecular weight is 476 g/mol. The van der Waals surface area contributed by atoms with Gasteiger partial charge in [0.25, 0.3) is 5.76 Å². The zero-order chi connectivity index (χ0) is 25.3. The Balaban J connectivity index is 2.04. The minimum Gasteiger partial charge on any atom is -0.449 e. The topological polar surface area (TPSA) is 65.7 Å². The minimum absolute atomic E-state index is 0.00730. The van der Waals surface area contributed by atoms with E-state index in [4.69, 9.17) is 13.9 Å². The minimum atomic E-state index is -4.99. The third-order valence-electron chi connectivity index (χ3n) is 5.56. The van der Waals surface area contributed by atoms with Gasteiger partial charge in [0.05, 0.1) is 11.3 Å². The third kappa shape index (κ3) is 5.43. The van der Waals surface area contributed by atoms with Gasteiger partial charge in [-0.3, -0.25) is 9.59 Å². The Morgan fingerprint density at radius 3 is 2.09 bits per heavy atom. The Morgan fingerprint density at radius 1 is 0.971 bits per heavy atom. The molecule has 0 saturated heterocycles. The third-order valence-corrected chi connectivity index (χ3v) is 5.56. The zero-order valence-electron chi connectivity index (χ0n) is 19.7. The fourth-order valence-electron chi connectivity index (χ4n) is 3.46. The Bertz CT molecular complexity index is 1230. The van der Waals surface area contributed by atoms with Gasteiger partial charge in [-0.2, -0.15) is 13.2 Å². The molecule has 0 spiro atoms. The highest BCUT2D eigenvalue weighted by Gasteiger charge is 2.40. The zero-order valence-corrected chi connectivity index (χ0v) is 19.7. The van der Waals surface area contributed by atoms with Crippen LogP contribution in [0.3, 0.4) is 0 Å². The van der Waals surface area contributed by atoms with Gasteiger partial charge in [-0.15, -0.1) is 0 Å². The van der Waals surface area contributed by atoms with Crippen molar-refractivity contribution in [1.29, 1.82) is 0 Å². The van der Waals surface area contributed by atoms with E-state index in [1.54, 1.807) is 12.1 Å². The summed E-state index contributed by atoms with van der Waals surface area (Å²) in [5.74, 6) is -3.29. The Morgan fingerprint density at radius 2 is 1.56 bits per heavy atom. The lowest BCUT2D eigenvalue weighted by atomic mass is 9.87. The number of alkyl halides is 3. The number of carbonyl (C=O) groups is 1. The van der Waals surface area contributed by atoms with Crippen molar-refractivity contribution in [2.45, 2.75) is 59.1 Å². The van der Waals surface area contributed by atoms with Gasteiger partial charge in [0.2, 0.25) is 11.2 Å².